The molecule has 1 aliphatic rings. The fourth-order valence-corrected chi connectivity index (χ4v) is 5.15. The van der Waals surface area contributed by atoms with Gasteiger partial charge in [0, 0.05) is 24.6 Å². The highest BCUT2D eigenvalue weighted by atomic mass is 16.5. The molecule has 210 valence electrons. The third-order valence-corrected chi connectivity index (χ3v) is 7.45. The van der Waals surface area contributed by atoms with E-state index in [1.165, 1.54) is 7.11 Å². The minimum Gasteiger partial charge on any atom is -0.468 e. The van der Waals surface area contributed by atoms with Crippen LogP contribution >= 0.6 is 0 Å². The Morgan fingerprint density at radius 1 is 1.02 bits per heavy atom. The van der Waals surface area contributed by atoms with Crippen LogP contribution in [0, 0.1) is 5.92 Å². The number of fused-ring (bicyclic) bond motifs is 1. The van der Waals surface area contributed by atoms with Crippen molar-refractivity contribution in [1.29, 1.82) is 0 Å². The van der Waals surface area contributed by atoms with Crippen LogP contribution in [0.3, 0.4) is 0 Å². The molecule has 0 aliphatic heterocycles. The number of hydrogen-bond acceptors (Lipinski definition) is 8. The molecule has 0 radical (unpaired) electrons. The van der Waals surface area contributed by atoms with Gasteiger partial charge in [0.1, 0.15) is 12.4 Å². The van der Waals surface area contributed by atoms with Crippen molar-refractivity contribution in [3.63, 3.8) is 0 Å². The van der Waals surface area contributed by atoms with Gasteiger partial charge in [0.25, 0.3) is 5.56 Å². The van der Waals surface area contributed by atoms with Gasteiger partial charge in [-0.2, -0.15) is 0 Å². The molecule has 0 unspecified atom stereocenters. The zero-order valence-electron chi connectivity index (χ0n) is 23.1. The first-order valence-electron chi connectivity index (χ1n) is 13.6. The van der Waals surface area contributed by atoms with Gasteiger partial charge < -0.3 is 9.30 Å². The lowest BCUT2D eigenvalue weighted by molar-refractivity contribution is -0.141. The molecule has 1 N–H and O–H groups in total. The fourth-order valence-electron chi connectivity index (χ4n) is 5.15. The number of hydrogen-bond donors (Lipinski definition) is 1. The molecule has 12 heteroatoms. The maximum atomic E-state index is 13.8. The molecule has 1 aliphatic carbocycles. The molecule has 0 bridgehead atoms. The maximum Gasteiger partial charge on any atom is 0.333 e. The third kappa shape index (κ3) is 4.96. The normalized spacial score (nSPS) is 13.3. The molecule has 41 heavy (non-hydrogen) atoms. The van der Waals surface area contributed by atoms with Crippen molar-refractivity contribution < 1.29 is 9.53 Å². The number of rotatable bonds is 9. The van der Waals surface area contributed by atoms with Gasteiger partial charge >= 0.3 is 11.7 Å². The Balaban J connectivity index is 1.44. The Bertz CT molecular complexity index is 1850. The number of esters is 1. The summed E-state index contributed by atoms with van der Waals surface area (Å²) < 4.78 is 9.18. The van der Waals surface area contributed by atoms with Crippen LogP contribution in [0.1, 0.15) is 44.0 Å². The van der Waals surface area contributed by atoms with E-state index in [9.17, 15) is 14.4 Å². The van der Waals surface area contributed by atoms with Gasteiger partial charge in [-0.15, -0.1) is 5.10 Å². The first kappa shape index (κ1) is 26.4. The molecule has 1 fully saturated rings. The number of aromatic nitrogens is 8. The molecule has 1 saturated carbocycles. The van der Waals surface area contributed by atoms with Gasteiger partial charge in [-0.25, -0.2) is 19.4 Å². The second kappa shape index (κ2) is 10.6. The van der Waals surface area contributed by atoms with Crippen molar-refractivity contribution >= 4 is 17.1 Å². The average Bonchev–Trinajstić information content (AvgIpc) is 3.47. The molecule has 6 rings (SSSR count). The SMILES string of the molecule is COC(=O)Cn1c(=O)c2c(nc(C(C)C)n2Cc2ccc(-c3ccccc3-c3nnn[nH]3)cc2)n(CC2CC2)c1=O. The van der Waals surface area contributed by atoms with E-state index in [2.05, 4.69) is 20.6 Å². The predicted molar refractivity (Wildman–Crippen MR) is 151 cm³/mol. The van der Waals surface area contributed by atoms with Crippen molar-refractivity contribution in [2.75, 3.05) is 7.11 Å². The Labute approximate surface area is 234 Å². The molecule has 0 spiro atoms. The summed E-state index contributed by atoms with van der Waals surface area (Å²) in [5.74, 6) is 0.965. The maximum absolute atomic E-state index is 13.8. The van der Waals surface area contributed by atoms with E-state index in [1.807, 2.05) is 66.9 Å². The number of nitrogens with one attached hydrogen (secondary N) is 1. The van der Waals surface area contributed by atoms with E-state index < -0.39 is 23.8 Å². The molecule has 12 nitrogen and oxygen atoms in total. The van der Waals surface area contributed by atoms with E-state index in [4.69, 9.17) is 9.72 Å². The van der Waals surface area contributed by atoms with Gasteiger partial charge in [0.15, 0.2) is 17.0 Å². The van der Waals surface area contributed by atoms with Gasteiger partial charge in [0.05, 0.1) is 7.11 Å². The second-order valence-corrected chi connectivity index (χ2v) is 10.7. The van der Waals surface area contributed by atoms with Crippen molar-refractivity contribution in [3.05, 3.63) is 80.8 Å². The summed E-state index contributed by atoms with van der Waals surface area (Å²) in [5.41, 5.74) is 3.38. The monoisotopic (exact) mass is 554 g/mol. The smallest absolute Gasteiger partial charge is 0.333 e. The Hall–Kier alpha value is -4.87. The lowest BCUT2D eigenvalue weighted by Gasteiger charge is -2.14. The quantitative estimate of drug-likeness (QED) is 0.274. The first-order valence-corrected chi connectivity index (χ1v) is 13.6. The number of ether oxygens (including phenoxy) is 1. The third-order valence-electron chi connectivity index (χ3n) is 7.45. The summed E-state index contributed by atoms with van der Waals surface area (Å²) in [6.07, 6.45) is 2.04. The number of imidazole rings is 1. The number of carbonyl (C=O) groups excluding carboxylic acids is 1. The van der Waals surface area contributed by atoms with Gasteiger partial charge in [-0.1, -0.05) is 62.4 Å². The van der Waals surface area contributed by atoms with E-state index in [0.717, 1.165) is 39.7 Å². The highest BCUT2D eigenvalue weighted by Gasteiger charge is 2.28. The lowest BCUT2D eigenvalue weighted by atomic mass is 9.98. The van der Waals surface area contributed by atoms with Crippen LogP contribution < -0.4 is 11.2 Å². The van der Waals surface area contributed by atoms with E-state index in [-0.39, 0.29) is 5.92 Å². The lowest BCUT2D eigenvalue weighted by Crippen LogP contribution is -2.42. The van der Waals surface area contributed by atoms with Crippen LogP contribution in [0.4, 0.5) is 0 Å². The minimum absolute atomic E-state index is 0.0120. The number of benzene rings is 2. The first-order chi connectivity index (χ1) is 19.9. The molecule has 0 atom stereocenters. The van der Waals surface area contributed by atoms with Crippen molar-refractivity contribution in [1.82, 2.24) is 39.3 Å². The molecule has 0 amide bonds. The number of nitrogens with zero attached hydrogens (tertiary/aromatic N) is 7. The van der Waals surface area contributed by atoms with Crippen molar-refractivity contribution in [2.45, 2.75) is 52.2 Å². The van der Waals surface area contributed by atoms with Gasteiger partial charge in [0.2, 0.25) is 0 Å². The van der Waals surface area contributed by atoms with Crippen molar-refractivity contribution in [2.24, 2.45) is 5.92 Å². The van der Waals surface area contributed by atoms with Crippen LogP contribution in [-0.4, -0.2) is 52.4 Å². The molecule has 2 aromatic carbocycles. The Morgan fingerprint density at radius 3 is 2.39 bits per heavy atom. The standard InChI is InChI=1S/C29H30N8O4/c1-17(2)26-30-27-24(28(39)37(16-23(38)41-3)29(40)36(27)15-18-8-9-18)35(26)14-19-10-12-20(13-11-19)21-6-4-5-7-22(21)25-31-33-34-32-25/h4-7,10-13,17-18H,8-9,14-16H2,1-3H3,(H,31,32,33,34). The van der Waals surface area contributed by atoms with Crippen LogP contribution in [-0.2, 0) is 29.2 Å². The van der Waals surface area contributed by atoms with E-state index in [0.29, 0.717) is 41.8 Å². The molecule has 3 aromatic heterocycles. The van der Waals surface area contributed by atoms with Gasteiger partial charge in [-0.3, -0.25) is 14.2 Å². The molecule has 5 aromatic rings. The highest BCUT2D eigenvalue weighted by molar-refractivity contribution is 5.80. The number of carbonyl (C=O) groups is 1. The van der Waals surface area contributed by atoms with Crippen molar-refractivity contribution in [3.8, 4) is 22.5 Å². The molecule has 0 saturated heterocycles. The number of methoxy groups -OCH3 is 1. The zero-order valence-corrected chi connectivity index (χ0v) is 23.1. The molecular formula is C29H30N8O4. The summed E-state index contributed by atoms with van der Waals surface area (Å²) in [7, 11) is 1.24. The van der Waals surface area contributed by atoms with Crippen LogP contribution in [0.5, 0.6) is 0 Å². The van der Waals surface area contributed by atoms with Crippen LogP contribution in [0.15, 0.2) is 58.1 Å². The zero-order chi connectivity index (χ0) is 28.7. The van der Waals surface area contributed by atoms with E-state index in [1.54, 1.807) is 4.57 Å². The summed E-state index contributed by atoms with van der Waals surface area (Å²) in [6, 6.07) is 15.9. The number of aromatic amines is 1. The average molecular weight is 555 g/mol. The summed E-state index contributed by atoms with van der Waals surface area (Å²) in [4.78, 5) is 44.1. The summed E-state index contributed by atoms with van der Waals surface area (Å²) in [5, 5.41) is 14.3. The Kier molecular flexibility index (Phi) is 6.82. The fraction of sp³-hybridized carbons (Fsp3) is 0.345. The largest absolute Gasteiger partial charge is 0.468 e. The van der Waals surface area contributed by atoms with Crippen LogP contribution in [0.25, 0.3) is 33.7 Å². The van der Waals surface area contributed by atoms with Crippen LogP contribution in [0.2, 0.25) is 0 Å². The molecule has 3 heterocycles. The number of tetrazole rings is 1. The molecular weight excluding hydrogens is 524 g/mol. The second-order valence-electron chi connectivity index (χ2n) is 10.7. The highest BCUT2D eigenvalue weighted by Crippen LogP contribution is 2.32. The minimum atomic E-state index is -0.659. The Morgan fingerprint density at radius 2 is 1.76 bits per heavy atom. The number of H-pyrrole nitrogens is 1. The van der Waals surface area contributed by atoms with E-state index >= 15 is 0 Å². The predicted octanol–water partition coefficient (Wildman–Crippen LogP) is 2.96. The van der Waals surface area contributed by atoms with Gasteiger partial charge in [-0.05, 0) is 45.9 Å². The topological polar surface area (TPSA) is 143 Å². The summed E-state index contributed by atoms with van der Waals surface area (Å²) in [6.45, 7) is 4.39. The summed E-state index contributed by atoms with van der Waals surface area (Å²) >= 11 is 0.